The smallest absolute Gasteiger partial charge is 0.274 e. The highest BCUT2D eigenvalue weighted by molar-refractivity contribution is 5.93. The molecule has 2 aromatic carbocycles. The standard InChI is InChI=1S/C23H21N5O3/c1-16-22(26-27-28(16)18-8-10-19(30-2)11-9-18)23(29)25-15-17-12-13-24-21(14-17)31-20-6-4-3-5-7-20/h3-14H,15H2,1-2H3,(H,25,29). The summed E-state index contributed by atoms with van der Waals surface area (Å²) in [5.74, 6) is 1.59. The lowest BCUT2D eigenvalue weighted by molar-refractivity contribution is 0.0945. The van der Waals surface area contributed by atoms with Gasteiger partial charge in [-0.15, -0.1) is 5.10 Å². The average Bonchev–Trinajstić information content (AvgIpc) is 3.20. The summed E-state index contributed by atoms with van der Waals surface area (Å²) in [6.07, 6.45) is 1.64. The van der Waals surface area contributed by atoms with E-state index >= 15 is 0 Å². The molecular formula is C23H21N5O3. The number of hydrogen-bond acceptors (Lipinski definition) is 6. The number of rotatable bonds is 7. The van der Waals surface area contributed by atoms with Crippen molar-refractivity contribution in [2.45, 2.75) is 13.5 Å². The highest BCUT2D eigenvalue weighted by Crippen LogP contribution is 2.20. The number of amides is 1. The predicted octanol–water partition coefficient (Wildman–Crippen LogP) is 3.70. The minimum atomic E-state index is -0.306. The number of aromatic nitrogens is 4. The van der Waals surface area contributed by atoms with Crippen molar-refractivity contribution in [2.75, 3.05) is 7.11 Å². The Bertz CT molecular complexity index is 1170. The second-order valence-electron chi connectivity index (χ2n) is 6.73. The maximum absolute atomic E-state index is 12.7. The van der Waals surface area contributed by atoms with Gasteiger partial charge < -0.3 is 14.8 Å². The molecule has 8 heteroatoms. The summed E-state index contributed by atoms with van der Waals surface area (Å²) in [4.78, 5) is 16.9. The van der Waals surface area contributed by atoms with Gasteiger partial charge in [-0.25, -0.2) is 9.67 Å². The second-order valence-corrected chi connectivity index (χ2v) is 6.73. The van der Waals surface area contributed by atoms with Gasteiger partial charge in [-0.3, -0.25) is 4.79 Å². The van der Waals surface area contributed by atoms with Gasteiger partial charge in [-0.1, -0.05) is 23.4 Å². The summed E-state index contributed by atoms with van der Waals surface area (Å²) in [5, 5.41) is 11.0. The van der Waals surface area contributed by atoms with E-state index in [1.165, 1.54) is 0 Å². The van der Waals surface area contributed by atoms with Crippen LogP contribution >= 0.6 is 0 Å². The monoisotopic (exact) mass is 415 g/mol. The topological polar surface area (TPSA) is 91.2 Å². The van der Waals surface area contributed by atoms with E-state index in [2.05, 4.69) is 20.6 Å². The third-order valence-electron chi connectivity index (χ3n) is 4.64. The molecule has 0 radical (unpaired) electrons. The van der Waals surface area contributed by atoms with Crippen molar-refractivity contribution in [1.82, 2.24) is 25.3 Å². The van der Waals surface area contributed by atoms with Crippen LogP contribution in [-0.4, -0.2) is 33.0 Å². The van der Waals surface area contributed by atoms with E-state index in [1.807, 2.05) is 60.7 Å². The van der Waals surface area contributed by atoms with Crippen molar-refractivity contribution in [3.8, 4) is 23.1 Å². The summed E-state index contributed by atoms with van der Waals surface area (Å²) < 4.78 is 12.5. The zero-order valence-electron chi connectivity index (χ0n) is 17.1. The van der Waals surface area contributed by atoms with Crippen LogP contribution in [0.4, 0.5) is 0 Å². The van der Waals surface area contributed by atoms with Crippen LogP contribution in [0.2, 0.25) is 0 Å². The van der Waals surface area contributed by atoms with Crippen LogP contribution in [0, 0.1) is 6.92 Å². The first-order valence-corrected chi connectivity index (χ1v) is 9.67. The first kappa shape index (κ1) is 20.1. The van der Waals surface area contributed by atoms with E-state index < -0.39 is 0 Å². The van der Waals surface area contributed by atoms with Crippen LogP contribution in [0.1, 0.15) is 21.7 Å². The van der Waals surface area contributed by atoms with Crippen molar-refractivity contribution < 1.29 is 14.3 Å². The van der Waals surface area contributed by atoms with Gasteiger partial charge in [0.25, 0.3) is 5.91 Å². The van der Waals surface area contributed by atoms with Crippen LogP contribution in [-0.2, 0) is 6.54 Å². The summed E-state index contributed by atoms with van der Waals surface area (Å²) in [6.45, 7) is 2.11. The molecule has 0 aliphatic heterocycles. The Balaban J connectivity index is 1.42. The van der Waals surface area contributed by atoms with E-state index in [0.717, 1.165) is 17.0 Å². The first-order valence-electron chi connectivity index (χ1n) is 9.67. The zero-order chi connectivity index (χ0) is 21.6. The molecule has 0 saturated heterocycles. The van der Waals surface area contributed by atoms with E-state index in [4.69, 9.17) is 9.47 Å². The van der Waals surface area contributed by atoms with Crippen LogP contribution in [0.25, 0.3) is 5.69 Å². The molecule has 156 valence electrons. The Morgan fingerprint density at radius 1 is 1.03 bits per heavy atom. The fourth-order valence-corrected chi connectivity index (χ4v) is 3.00. The van der Waals surface area contributed by atoms with Gasteiger partial charge in [0, 0.05) is 18.8 Å². The quantitative estimate of drug-likeness (QED) is 0.495. The third-order valence-corrected chi connectivity index (χ3v) is 4.64. The molecule has 0 fully saturated rings. The lowest BCUT2D eigenvalue weighted by Gasteiger charge is -2.08. The molecule has 0 saturated carbocycles. The first-order chi connectivity index (χ1) is 15.1. The molecule has 0 unspecified atom stereocenters. The number of nitrogens with zero attached hydrogens (tertiary/aromatic N) is 4. The Morgan fingerprint density at radius 3 is 2.55 bits per heavy atom. The van der Waals surface area contributed by atoms with Crippen molar-refractivity contribution in [1.29, 1.82) is 0 Å². The zero-order valence-corrected chi connectivity index (χ0v) is 17.1. The van der Waals surface area contributed by atoms with E-state index in [9.17, 15) is 4.79 Å². The Hall–Kier alpha value is -4.20. The van der Waals surface area contributed by atoms with Crippen LogP contribution in [0.15, 0.2) is 72.9 Å². The highest BCUT2D eigenvalue weighted by atomic mass is 16.5. The van der Waals surface area contributed by atoms with Crippen molar-refractivity contribution >= 4 is 5.91 Å². The van der Waals surface area contributed by atoms with Crippen molar-refractivity contribution in [3.63, 3.8) is 0 Å². The molecule has 4 rings (SSSR count). The minimum Gasteiger partial charge on any atom is -0.497 e. The molecule has 4 aromatic rings. The van der Waals surface area contributed by atoms with Gasteiger partial charge >= 0.3 is 0 Å². The Kier molecular flexibility index (Phi) is 5.89. The summed E-state index contributed by atoms with van der Waals surface area (Å²) in [5.41, 5.74) is 2.56. The van der Waals surface area contributed by atoms with Crippen molar-refractivity contribution in [3.05, 3.63) is 89.9 Å². The number of pyridine rings is 1. The number of hydrogen-bond donors (Lipinski definition) is 1. The number of methoxy groups -OCH3 is 1. The summed E-state index contributed by atoms with van der Waals surface area (Å²) in [7, 11) is 1.61. The van der Waals surface area contributed by atoms with Crippen LogP contribution < -0.4 is 14.8 Å². The van der Waals surface area contributed by atoms with Gasteiger partial charge in [-0.05, 0) is 55.0 Å². The predicted molar refractivity (Wildman–Crippen MR) is 115 cm³/mol. The molecule has 0 aliphatic rings. The van der Waals surface area contributed by atoms with Crippen molar-refractivity contribution in [2.24, 2.45) is 0 Å². The van der Waals surface area contributed by atoms with Gasteiger partial charge in [0.1, 0.15) is 11.5 Å². The number of para-hydroxylation sites is 1. The minimum absolute atomic E-state index is 0.269. The summed E-state index contributed by atoms with van der Waals surface area (Å²) in [6, 6.07) is 20.4. The maximum Gasteiger partial charge on any atom is 0.274 e. The fraction of sp³-hybridized carbons (Fsp3) is 0.130. The molecule has 0 bridgehead atoms. The molecule has 0 atom stereocenters. The Labute approximate surface area is 179 Å². The van der Waals surface area contributed by atoms with E-state index in [-0.39, 0.29) is 11.6 Å². The largest absolute Gasteiger partial charge is 0.497 e. The third kappa shape index (κ3) is 4.69. The van der Waals surface area contributed by atoms with Gasteiger partial charge in [0.15, 0.2) is 5.69 Å². The molecular weight excluding hydrogens is 394 g/mol. The molecule has 31 heavy (non-hydrogen) atoms. The number of ether oxygens (including phenoxy) is 2. The molecule has 1 amide bonds. The number of benzene rings is 2. The van der Waals surface area contributed by atoms with Crippen LogP contribution in [0.5, 0.6) is 17.4 Å². The molecule has 2 heterocycles. The van der Waals surface area contributed by atoms with Gasteiger partial charge in [-0.2, -0.15) is 0 Å². The maximum atomic E-state index is 12.7. The van der Waals surface area contributed by atoms with E-state index in [0.29, 0.717) is 23.9 Å². The molecule has 1 N–H and O–H groups in total. The fourth-order valence-electron chi connectivity index (χ4n) is 3.00. The van der Waals surface area contributed by atoms with Gasteiger partial charge in [0.2, 0.25) is 5.88 Å². The SMILES string of the molecule is COc1ccc(-n2nnc(C(=O)NCc3ccnc(Oc4ccccc4)c3)c2C)cc1. The number of carbonyl (C=O) groups excluding carboxylic acids is 1. The number of nitrogens with one attached hydrogen (secondary N) is 1. The second kappa shape index (κ2) is 9.08. The lowest BCUT2D eigenvalue weighted by atomic mass is 10.2. The Morgan fingerprint density at radius 2 is 1.81 bits per heavy atom. The molecule has 8 nitrogen and oxygen atoms in total. The van der Waals surface area contributed by atoms with Crippen LogP contribution in [0.3, 0.4) is 0 Å². The summed E-state index contributed by atoms with van der Waals surface area (Å²) >= 11 is 0. The highest BCUT2D eigenvalue weighted by Gasteiger charge is 2.17. The lowest BCUT2D eigenvalue weighted by Crippen LogP contribution is -2.24. The molecule has 0 aliphatic carbocycles. The van der Waals surface area contributed by atoms with Gasteiger partial charge in [0.05, 0.1) is 18.5 Å². The van der Waals surface area contributed by atoms with E-state index in [1.54, 1.807) is 31.0 Å². The molecule has 2 aromatic heterocycles. The normalized spacial score (nSPS) is 10.5. The average molecular weight is 415 g/mol. The number of carbonyl (C=O) groups is 1. The molecule has 0 spiro atoms.